The lowest BCUT2D eigenvalue weighted by molar-refractivity contribution is -0.120. The molecule has 0 unspecified atom stereocenters. The number of carbonyl (C=O) groups is 2. The summed E-state index contributed by atoms with van der Waals surface area (Å²) in [5, 5.41) is 14.1. The summed E-state index contributed by atoms with van der Waals surface area (Å²) in [5.41, 5.74) is 1.42. The number of anilines is 3. The zero-order chi connectivity index (χ0) is 24.8. The van der Waals surface area contributed by atoms with E-state index in [2.05, 4.69) is 25.7 Å². The van der Waals surface area contributed by atoms with E-state index in [1.165, 1.54) is 14.2 Å². The van der Waals surface area contributed by atoms with Gasteiger partial charge in [-0.2, -0.15) is 0 Å². The number of hydrogen-bond donors (Lipinski definition) is 2. The standard InChI is InChI=1S/C25H26ClN5O4/c1-34-20-15-19(21(35-2)14-18(20)27-24(32)16-6-4-3-5-7-16)28-25(33)17-10-12-31(13-11-17)23-9-8-22(26)29-30-23/h3-9,14-15,17H,10-13H2,1-2H3,(H,27,32)(H,28,33). The quantitative estimate of drug-likeness (QED) is 0.504. The van der Waals surface area contributed by atoms with E-state index in [9.17, 15) is 9.59 Å². The van der Waals surface area contributed by atoms with Crippen LogP contribution < -0.4 is 25.0 Å². The first-order valence-corrected chi connectivity index (χ1v) is 11.5. The van der Waals surface area contributed by atoms with E-state index >= 15 is 0 Å². The minimum absolute atomic E-state index is 0.103. The van der Waals surface area contributed by atoms with Crippen molar-refractivity contribution in [1.29, 1.82) is 0 Å². The van der Waals surface area contributed by atoms with E-state index < -0.39 is 0 Å². The molecule has 0 atom stereocenters. The van der Waals surface area contributed by atoms with Gasteiger partial charge in [-0.1, -0.05) is 29.8 Å². The normalized spacial score (nSPS) is 13.7. The maximum absolute atomic E-state index is 13.0. The molecule has 182 valence electrons. The molecule has 1 aliphatic heterocycles. The third-order valence-corrected chi connectivity index (χ3v) is 6.07. The van der Waals surface area contributed by atoms with Gasteiger partial charge >= 0.3 is 0 Å². The van der Waals surface area contributed by atoms with Crippen LogP contribution >= 0.6 is 11.6 Å². The lowest BCUT2D eigenvalue weighted by Gasteiger charge is -2.31. The maximum atomic E-state index is 13.0. The number of nitrogens with one attached hydrogen (secondary N) is 2. The molecule has 1 aliphatic rings. The second-order valence-electron chi connectivity index (χ2n) is 8.04. The lowest BCUT2D eigenvalue weighted by atomic mass is 9.95. The highest BCUT2D eigenvalue weighted by atomic mass is 35.5. The topological polar surface area (TPSA) is 106 Å². The van der Waals surface area contributed by atoms with Gasteiger partial charge < -0.3 is 25.0 Å². The number of benzene rings is 2. The fourth-order valence-electron chi connectivity index (χ4n) is 3.96. The molecule has 3 aromatic rings. The highest BCUT2D eigenvalue weighted by Crippen LogP contribution is 2.37. The smallest absolute Gasteiger partial charge is 0.255 e. The molecular formula is C25H26ClN5O4. The van der Waals surface area contributed by atoms with Crippen molar-refractivity contribution in [3.63, 3.8) is 0 Å². The van der Waals surface area contributed by atoms with Gasteiger partial charge in [-0.15, -0.1) is 10.2 Å². The molecule has 0 bridgehead atoms. The van der Waals surface area contributed by atoms with Crippen LogP contribution in [0.3, 0.4) is 0 Å². The van der Waals surface area contributed by atoms with Gasteiger partial charge in [0.1, 0.15) is 11.5 Å². The molecule has 2 N–H and O–H groups in total. The highest BCUT2D eigenvalue weighted by Gasteiger charge is 2.27. The summed E-state index contributed by atoms with van der Waals surface area (Å²) in [6, 6.07) is 15.7. The van der Waals surface area contributed by atoms with Crippen molar-refractivity contribution in [1.82, 2.24) is 10.2 Å². The third-order valence-electron chi connectivity index (χ3n) is 5.87. The molecule has 0 spiro atoms. The lowest BCUT2D eigenvalue weighted by Crippen LogP contribution is -2.38. The number of rotatable bonds is 7. The van der Waals surface area contributed by atoms with Crippen LogP contribution in [-0.4, -0.2) is 49.3 Å². The van der Waals surface area contributed by atoms with Crippen LogP contribution in [0, 0.1) is 5.92 Å². The summed E-state index contributed by atoms with van der Waals surface area (Å²) >= 11 is 5.82. The Hall–Kier alpha value is -3.85. The summed E-state index contributed by atoms with van der Waals surface area (Å²) in [6.07, 6.45) is 1.33. The summed E-state index contributed by atoms with van der Waals surface area (Å²) in [4.78, 5) is 27.7. The first kappa shape index (κ1) is 24.3. The Morgan fingerprint density at radius 2 is 1.54 bits per heavy atom. The Kier molecular flexibility index (Phi) is 7.67. The summed E-state index contributed by atoms with van der Waals surface area (Å²) in [5.74, 6) is 1.01. The number of methoxy groups -OCH3 is 2. The van der Waals surface area contributed by atoms with Crippen LogP contribution in [0.5, 0.6) is 11.5 Å². The second-order valence-corrected chi connectivity index (χ2v) is 8.43. The molecule has 1 saturated heterocycles. The van der Waals surface area contributed by atoms with Gasteiger partial charge in [0.15, 0.2) is 11.0 Å². The molecule has 2 heterocycles. The molecule has 2 amide bonds. The van der Waals surface area contributed by atoms with Gasteiger partial charge in [0.2, 0.25) is 5.91 Å². The van der Waals surface area contributed by atoms with E-state index in [4.69, 9.17) is 21.1 Å². The maximum Gasteiger partial charge on any atom is 0.255 e. The molecule has 1 fully saturated rings. The zero-order valence-electron chi connectivity index (χ0n) is 19.5. The van der Waals surface area contributed by atoms with Gasteiger partial charge in [-0.3, -0.25) is 9.59 Å². The van der Waals surface area contributed by atoms with Crippen molar-refractivity contribution >= 4 is 40.6 Å². The Balaban J connectivity index is 1.43. The Labute approximate surface area is 208 Å². The van der Waals surface area contributed by atoms with E-state index in [0.29, 0.717) is 59.5 Å². The molecule has 0 aliphatic carbocycles. The fraction of sp³-hybridized carbons (Fsp3) is 0.280. The number of piperidine rings is 1. The van der Waals surface area contributed by atoms with Crippen molar-refractivity contribution in [2.75, 3.05) is 42.8 Å². The number of ether oxygens (including phenoxy) is 2. The van der Waals surface area contributed by atoms with Gasteiger partial charge in [0.05, 0.1) is 25.6 Å². The highest BCUT2D eigenvalue weighted by molar-refractivity contribution is 6.29. The van der Waals surface area contributed by atoms with Gasteiger partial charge in [0.25, 0.3) is 5.91 Å². The van der Waals surface area contributed by atoms with Gasteiger partial charge in [-0.25, -0.2) is 0 Å². The van der Waals surface area contributed by atoms with Crippen LogP contribution in [0.25, 0.3) is 0 Å². The monoisotopic (exact) mass is 495 g/mol. The molecule has 4 rings (SSSR count). The van der Waals surface area contributed by atoms with Crippen molar-refractivity contribution < 1.29 is 19.1 Å². The SMILES string of the molecule is COc1cc(NC(=O)C2CCN(c3ccc(Cl)nn3)CC2)c(OC)cc1NC(=O)c1ccccc1. The van der Waals surface area contributed by atoms with Crippen LogP contribution in [0.1, 0.15) is 23.2 Å². The van der Waals surface area contributed by atoms with E-state index in [1.807, 2.05) is 12.1 Å². The first-order valence-electron chi connectivity index (χ1n) is 11.2. The summed E-state index contributed by atoms with van der Waals surface area (Å²) in [6.45, 7) is 1.36. The van der Waals surface area contributed by atoms with Crippen LogP contribution in [0.2, 0.25) is 5.15 Å². The third kappa shape index (κ3) is 5.81. The van der Waals surface area contributed by atoms with E-state index in [0.717, 1.165) is 5.82 Å². The van der Waals surface area contributed by atoms with Crippen molar-refractivity contribution in [3.8, 4) is 11.5 Å². The Morgan fingerprint density at radius 1 is 0.914 bits per heavy atom. The Morgan fingerprint density at radius 3 is 2.11 bits per heavy atom. The number of amides is 2. The molecule has 1 aromatic heterocycles. The molecule has 10 heteroatoms. The zero-order valence-corrected chi connectivity index (χ0v) is 20.2. The van der Waals surface area contributed by atoms with Crippen LogP contribution in [0.4, 0.5) is 17.2 Å². The average molecular weight is 496 g/mol. The molecular weight excluding hydrogens is 470 g/mol. The minimum atomic E-state index is -0.278. The number of carbonyl (C=O) groups excluding carboxylic acids is 2. The first-order chi connectivity index (χ1) is 17.0. The van der Waals surface area contributed by atoms with Crippen molar-refractivity contribution in [3.05, 3.63) is 65.3 Å². The number of halogens is 1. The molecule has 9 nitrogen and oxygen atoms in total. The van der Waals surface area contributed by atoms with Gasteiger partial charge in [0, 0.05) is 36.7 Å². The van der Waals surface area contributed by atoms with E-state index in [1.54, 1.807) is 42.5 Å². The fourth-order valence-corrected chi connectivity index (χ4v) is 4.06. The minimum Gasteiger partial charge on any atom is -0.494 e. The molecule has 0 saturated carbocycles. The summed E-state index contributed by atoms with van der Waals surface area (Å²) < 4.78 is 11.0. The Bertz CT molecular complexity index is 1180. The predicted molar refractivity (Wildman–Crippen MR) is 135 cm³/mol. The van der Waals surface area contributed by atoms with E-state index in [-0.39, 0.29) is 17.7 Å². The number of hydrogen-bond acceptors (Lipinski definition) is 7. The second kappa shape index (κ2) is 11.1. The molecule has 35 heavy (non-hydrogen) atoms. The van der Waals surface area contributed by atoms with Crippen LogP contribution in [0.15, 0.2) is 54.6 Å². The molecule has 2 aromatic carbocycles. The van der Waals surface area contributed by atoms with Crippen molar-refractivity contribution in [2.45, 2.75) is 12.8 Å². The van der Waals surface area contributed by atoms with Crippen molar-refractivity contribution in [2.24, 2.45) is 5.92 Å². The predicted octanol–water partition coefficient (Wildman–Crippen LogP) is 4.25. The average Bonchev–Trinajstić information content (AvgIpc) is 2.90. The number of nitrogens with zero attached hydrogens (tertiary/aromatic N) is 3. The number of aromatic nitrogens is 2. The van der Waals surface area contributed by atoms with Crippen LogP contribution in [-0.2, 0) is 4.79 Å². The summed E-state index contributed by atoms with van der Waals surface area (Å²) in [7, 11) is 3.01. The molecule has 0 radical (unpaired) electrons. The van der Waals surface area contributed by atoms with Gasteiger partial charge in [-0.05, 0) is 37.1 Å². The largest absolute Gasteiger partial charge is 0.494 e.